The van der Waals surface area contributed by atoms with Gasteiger partial charge in [0, 0.05) is 39.3 Å². The number of hydrogen-bond donors (Lipinski definition) is 0. The van der Waals surface area contributed by atoms with Crippen molar-refractivity contribution in [3.8, 4) is 11.4 Å². The molecule has 0 radical (unpaired) electrons. The van der Waals surface area contributed by atoms with Crippen LogP contribution in [0.2, 0.25) is 0 Å². The van der Waals surface area contributed by atoms with Crippen LogP contribution in [0.1, 0.15) is 23.3 Å². The van der Waals surface area contributed by atoms with E-state index in [0.717, 1.165) is 45.0 Å². The molecule has 2 fully saturated rings. The monoisotopic (exact) mass is 383 g/mol. The standard InChI is InChI=1S/C21H29N5O2/c1-28-19-17-26(18-7-3-2-4-8-18)22-20(19)21(27)25-15-13-24(14-16-25)12-11-23-9-5-6-10-23/h2-4,7-8,17H,5-6,9-16H2,1H3. The highest BCUT2D eigenvalue weighted by Crippen LogP contribution is 2.21. The van der Waals surface area contributed by atoms with Gasteiger partial charge >= 0.3 is 0 Å². The molecule has 7 nitrogen and oxygen atoms in total. The molecule has 1 aromatic carbocycles. The van der Waals surface area contributed by atoms with Gasteiger partial charge in [0.1, 0.15) is 0 Å². The van der Waals surface area contributed by atoms with E-state index in [0.29, 0.717) is 11.4 Å². The summed E-state index contributed by atoms with van der Waals surface area (Å²) in [4.78, 5) is 19.9. The third kappa shape index (κ3) is 4.20. The fourth-order valence-corrected chi connectivity index (χ4v) is 3.98. The molecule has 150 valence electrons. The minimum absolute atomic E-state index is 0.0503. The number of hydrogen-bond acceptors (Lipinski definition) is 5. The second-order valence-corrected chi connectivity index (χ2v) is 7.51. The van der Waals surface area contributed by atoms with Crippen LogP contribution in [0.25, 0.3) is 5.69 Å². The second-order valence-electron chi connectivity index (χ2n) is 7.51. The molecule has 2 aromatic rings. The average molecular weight is 383 g/mol. The molecular formula is C21H29N5O2. The SMILES string of the molecule is COc1cn(-c2ccccc2)nc1C(=O)N1CCN(CCN2CCCC2)CC1. The van der Waals surface area contributed by atoms with Gasteiger partial charge in [-0.3, -0.25) is 9.69 Å². The van der Waals surface area contributed by atoms with Crippen LogP contribution in [0.15, 0.2) is 36.5 Å². The number of methoxy groups -OCH3 is 1. The number of nitrogens with zero attached hydrogens (tertiary/aromatic N) is 5. The predicted molar refractivity (Wildman–Crippen MR) is 108 cm³/mol. The number of ether oxygens (including phenoxy) is 1. The molecule has 2 saturated heterocycles. The van der Waals surface area contributed by atoms with Crippen molar-refractivity contribution >= 4 is 5.91 Å². The third-order valence-electron chi connectivity index (χ3n) is 5.71. The van der Waals surface area contributed by atoms with E-state index < -0.39 is 0 Å². The number of benzene rings is 1. The molecule has 0 spiro atoms. The fourth-order valence-electron chi connectivity index (χ4n) is 3.98. The summed E-state index contributed by atoms with van der Waals surface area (Å²) in [6.45, 7) is 8.02. The van der Waals surface area contributed by atoms with E-state index in [1.54, 1.807) is 18.0 Å². The summed E-state index contributed by atoms with van der Waals surface area (Å²) in [5.41, 5.74) is 1.29. The minimum atomic E-state index is -0.0503. The molecule has 0 N–H and O–H groups in total. The summed E-state index contributed by atoms with van der Waals surface area (Å²) in [5.74, 6) is 0.469. The van der Waals surface area contributed by atoms with E-state index in [1.165, 1.54) is 25.9 Å². The number of piperazine rings is 1. The Kier molecular flexibility index (Phi) is 5.92. The summed E-state index contributed by atoms with van der Waals surface area (Å²) in [6, 6.07) is 9.78. The highest BCUT2D eigenvalue weighted by Gasteiger charge is 2.27. The summed E-state index contributed by atoms with van der Waals surface area (Å²) < 4.78 is 7.14. The van der Waals surface area contributed by atoms with Crippen LogP contribution >= 0.6 is 0 Å². The molecule has 0 atom stereocenters. The first kappa shape index (κ1) is 19.0. The summed E-state index contributed by atoms with van der Waals surface area (Å²) in [5, 5.41) is 4.51. The van der Waals surface area contributed by atoms with Gasteiger partial charge in [0.2, 0.25) is 0 Å². The Morgan fingerprint density at radius 1 is 0.964 bits per heavy atom. The molecule has 2 aliphatic heterocycles. The molecule has 7 heteroatoms. The lowest BCUT2D eigenvalue weighted by molar-refractivity contribution is 0.0617. The van der Waals surface area contributed by atoms with Gasteiger partial charge in [0.25, 0.3) is 5.91 Å². The second kappa shape index (κ2) is 8.75. The predicted octanol–water partition coefficient (Wildman–Crippen LogP) is 1.73. The molecule has 0 saturated carbocycles. The number of rotatable bonds is 6. The zero-order valence-corrected chi connectivity index (χ0v) is 16.6. The average Bonchev–Trinajstić information content (AvgIpc) is 3.42. The number of amides is 1. The third-order valence-corrected chi connectivity index (χ3v) is 5.71. The van der Waals surface area contributed by atoms with E-state index >= 15 is 0 Å². The Morgan fingerprint density at radius 3 is 2.25 bits per heavy atom. The first-order valence-corrected chi connectivity index (χ1v) is 10.2. The molecule has 0 unspecified atom stereocenters. The number of aromatic nitrogens is 2. The van der Waals surface area contributed by atoms with E-state index in [4.69, 9.17) is 4.74 Å². The quantitative estimate of drug-likeness (QED) is 0.761. The van der Waals surface area contributed by atoms with Crippen LogP contribution in [0.4, 0.5) is 0 Å². The van der Waals surface area contributed by atoms with Crippen molar-refractivity contribution in [3.05, 3.63) is 42.2 Å². The number of carbonyl (C=O) groups is 1. The topological polar surface area (TPSA) is 53.8 Å². The Labute approximate surface area is 166 Å². The Balaban J connectivity index is 1.36. The van der Waals surface area contributed by atoms with E-state index in [1.807, 2.05) is 35.2 Å². The molecular weight excluding hydrogens is 354 g/mol. The highest BCUT2D eigenvalue weighted by molar-refractivity contribution is 5.95. The number of para-hydroxylation sites is 1. The Bertz CT molecular complexity index is 777. The fraction of sp³-hybridized carbons (Fsp3) is 0.524. The summed E-state index contributed by atoms with van der Waals surface area (Å²) >= 11 is 0. The maximum absolute atomic E-state index is 13.0. The number of likely N-dealkylation sites (tertiary alicyclic amines) is 1. The van der Waals surface area contributed by atoms with Crippen molar-refractivity contribution < 1.29 is 9.53 Å². The Morgan fingerprint density at radius 2 is 1.61 bits per heavy atom. The van der Waals surface area contributed by atoms with Crippen molar-refractivity contribution in [3.63, 3.8) is 0 Å². The van der Waals surface area contributed by atoms with E-state index in [2.05, 4.69) is 14.9 Å². The number of carbonyl (C=O) groups excluding carboxylic acids is 1. The largest absolute Gasteiger partial charge is 0.493 e. The smallest absolute Gasteiger partial charge is 0.278 e. The summed E-state index contributed by atoms with van der Waals surface area (Å²) in [7, 11) is 1.58. The molecule has 3 heterocycles. The van der Waals surface area contributed by atoms with Crippen molar-refractivity contribution in [2.24, 2.45) is 0 Å². The molecule has 1 amide bonds. The van der Waals surface area contributed by atoms with Crippen LogP contribution < -0.4 is 4.74 Å². The maximum atomic E-state index is 13.0. The van der Waals surface area contributed by atoms with Gasteiger partial charge in [0.15, 0.2) is 11.4 Å². The summed E-state index contributed by atoms with van der Waals surface area (Å²) in [6.07, 6.45) is 4.44. The van der Waals surface area contributed by atoms with E-state index in [9.17, 15) is 4.79 Å². The zero-order chi connectivity index (χ0) is 19.3. The van der Waals surface area contributed by atoms with Crippen LogP contribution in [-0.4, -0.2) is 89.9 Å². The zero-order valence-electron chi connectivity index (χ0n) is 16.6. The maximum Gasteiger partial charge on any atom is 0.278 e. The van der Waals surface area contributed by atoms with Crippen LogP contribution in [0.5, 0.6) is 5.75 Å². The van der Waals surface area contributed by atoms with Crippen molar-refractivity contribution in [2.45, 2.75) is 12.8 Å². The van der Waals surface area contributed by atoms with Crippen LogP contribution in [0.3, 0.4) is 0 Å². The van der Waals surface area contributed by atoms with Gasteiger partial charge in [-0.05, 0) is 38.1 Å². The van der Waals surface area contributed by atoms with Gasteiger partial charge in [0.05, 0.1) is 19.0 Å². The molecule has 0 aliphatic carbocycles. The van der Waals surface area contributed by atoms with Gasteiger partial charge in [-0.15, -0.1) is 0 Å². The molecule has 28 heavy (non-hydrogen) atoms. The van der Waals surface area contributed by atoms with Crippen molar-refractivity contribution in [1.82, 2.24) is 24.5 Å². The van der Waals surface area contributed by atoms with Crippen molar-refractivity contribution in [1.29, 1.82) is 0 Å². The molecule has 1 aromatic heterocycles. The van der Waals surface area contributed by atoms with Crippen LogP contribution in [0, 0.1) is 0 Å². The van der Waals surface area contributed by atoms with Crippen molar-refractivity contribution in [2.75, 3.05) is 59.5 Å². The Hall–Kier alpha value is -2.38. The lowest BCUT2D eigenvalue weighted by Gasteiger charge is -2.35. The molecule has 2 aliphatic rings. The lowest BCUT2D eigenvalue weighted by Crippen LogP contribution is -2.50. The highest BCUT2D eigenvalue weighted by atomic mass is 16.5. The first-order chi connectivity index (χ1) is 13.7. The molecule has 4 rings (SSSR count). The van der Waals surface area contributed by atoms with E-state index in [-0.39, 0.29) is 5.91 Å². The van der Waals surface area contributed by atoms with Gasteiger partial charge in [-0.2, -0.15) is 5.10 Å². The van der Waals surface area contributed by atoms with Crippen LogP contribution in [-0.2, 0) is 0 Å². The minimum Gasteiger partial charge on any atom is -0.493 e. The van der Waals surface area contributed by atoms with Gasteiger partial charge in [-0.1, -0.05) is 18.2 Å². The van der Waals surface area contributed by atoms with Gasteiger partial charge < -0.3 is 14.5 Å². The normalized spacial score (nSPS) is 18.5. The first-order valence-electron chi connectivity index (χ1n) is 10.2. The molecule has 0 bridgehead atoms. The van der Waals surface area contributed by atoms with Gasteiger partial charge in [-0.25, -0.2) is 4.68 Å². The lowest BCUT2D eigenvalue weighted by atomic mass is 10.2.